The molecule has 1 saturated heterocycles. The average Bonchev–Trinajstić information content (AvgIpc) is 2.68. The molecule has 156 valence electrons. The average molecular weight is 407 g/mol. The number of hydrogen-bond acceptors (Lipinski definition) is 4. The lowest BCUT2D eigenvalue weighted by molar-refractivity contribution is -0.129. The summed E-state index contributed by atoms with van der Waals surface area (Å²) in [6.07, 6.45) is 5.49. The van der Waals surface area contributed by atoms with Crippen LogP contribution in [-0.2, 0) is 10.7 Å². The van der Waals surface area contributed by atoms with Gasteiger partial charge >= 0.3 is 0 Å². The molecule has 0 N–H and O–H groups in total. The first-order valence-electron chi connectivity index (χ1n) is 9.17. The molecule has 0 atom stereocenters. The van der Waals surface area contributed by atoms with Crippen LogP contribution >= 0.6 is 0 Å². The summed E-state index contributed by atoms with van der Waals surface area (Å²) < 4.78 is 45.3. The van der Waals surface area contributed by atoms with Gasteiger partial charge in [-0.25, -0.2) is 18.2 Å². The van der Waals surface area contributed by atoms with Crippen molar-refractivity contribution in [3.8, 4) is 5.88 Å². The normalized spacial score (nSPS) is 16.2. The van der Waals surface area contributed by atoms with Crippen molar-refractivity contribution in [3.63, 3.8) is 0 Å². The fourth-order valence-corrected chi connectivity index (χ4v) is 2.97. The number of carbonyl (C=O) groups excluding carboxylic acids is 1. The first-order chi connectivity index (χ1) is 13.6. The summed E-state index contributed by atoms with van der Waals surface area (Å²) in [6.45, 7) is 10.3. The van der Waals surface area contributed by atoms with Gasteiger partial charge in [0.05, 0.1) is 5.71 Å². The lowest BCUT2D eigenvalue weighted by Crippen LogP contribution is -2.40. The van der Waals surface area contributed by atoms with Crippen LogP contribution in [0.1, 0.15) is 32.3 Å². The molecule has 8 heteroatoms. The quantitative estimate of drug-likeness (QED) is 0.371. The van der Waals surface area contributed by atoms with Gasteiger partial charge in [0.2, 0.25) is 5.88 Å². The standard InChI is InChI=1S/C21H24F3N3O2/c1-5-10-25-19(16-8-11-27(12-9-16)20(28)14(2)22)15(3)29-18-7-6-17(13-26-18)21(4,23)24/h5-7,10,13,16H,2-3,8-9,11-12H2,1,4H3/b10-5-,25-19+. The van der Waals surface area contributed by atoms with Crippen molar-refractivity contribution >= 4 is 11.6 Å². The van der Waals surface area contributed by atoms with E-state index >= 15 is 0 Å². The van der Waals surface area contributed by atoms with Crippen LogP contribution < -0.4 is 4.74 Å². The van der Waals surface area contributed by atoms with E-state index in [2.05, 4.69) is 23.1 Å². The number of alkyl halides is 2. The lowest BCUT2D eigenvalue weighted by atomic mass is 9.90. The molecule has 0 saturated carbocycles. The van der Waals surface area contributed by atoms with Gasteiger partial charge in [-0.15, -0.1) is 0 Å². The van der Waals surface area contributed by atoms with E-state index in [1.54, 1.807) is 12.3 Å². The molecule has 1 aromatic rings. The van der Waals surface area contributed by atoms with Crippen molar-refractivity contribution in [2.75, 3.05) is 13.1 Å². The van der Waals surface area contributed by atoms with Crippen LogP contribution in [0, 0.1) is 5.92 Å². The number of halogens is 3. The van der Waals surface area contributed by atoms with E-state index in [0.29, 0.717) is 31.6 Å². The second-order valence-corrected chi connectivity index (χ2v) is 6.77. The molecule has 5 nitrogen and oxygen atoms in total. The second kappa shape index (κ2) is 9.54. The number of hydrogen-bond donors (Lipinski definition) is 0. The Hall–Kier alpha value is -2.90. The van der Waals surface area contributed by atoms with E-state index in [1.807, 2.05) is 6.92 Å². The molecule has 0 bridgehead atoms. The summed E-state index contributed by atoms with van der Waals surface area (Å²) >= 11 is 0. The summed E-state index contributed by atoms with van der Waals surface area (Å²) in [4.78, 5) is 21.4. The third-order valence-corrected chi connectivity index (χ3v) is 4.52. The molecule has 1 fully saturated rings. The van der Waals surface area contributed by atoms with E-state index in [1.165, 1.54) is 17.0 Å². The van der Waals surface area contributed by atoms with Crippen molar-refractivity contribution in [2.45, 2.75) is 32.6 Å². The van der Waals surface area contributed by atoms with E-state index in [-0.39, 0.29) is 23.1 Å². The molecular formula is C21H24F3N3O2. The molecule has 1 aromatic heterocycles. The van der Waals surface area contributed by atoms with Crippen molar-refractivity contribution in [1.29, 1.82) is 0 Å². The zero-order chi connectivity index (χ0) is 21.6. The van der Waals surface area contributed by atoms with Crippen LogP contribution in [0.25, 0.3) is 0 Å². The number of nitrogens with zero attached hydrogens (tertiary/aromatic N) is 3. The SMILES string of the molecule is C=C(F)C(=O)N1CCC(/C(=N/C=C\C)C(=C)Oc2ccc(C(C)(F)F)cn2)CC1. The Bertz CT molecular complexity index is 819. The molecule has 29 heavy (non-hydrogen) atoms. The zero-order valence-electron chi connectivity index (χ0n) is 16.5. The van der Waals surface area contributed by atoms with E-state index in [4.69, 9.17) is 4.74 Å². The van der Waals surface area contributed by atoms with Crippen LogP contribution in [0.4, 0.5) is 13.2 Å². The van der Waals surface area contributed by atoms with Crippen LogP contribution in [0.3, 0.4) is 0 Å². The van der Waals surface area contributed by atoms with E-state index < -0.39 is 17.7 Å². The Labute approximate surface area is 168 Å². The fourth-order valence-electron chi connectivity index (χ4n) is 2.97. The van der Waals surface area contributed by atoms with Gasteiger partial charge in [0.1, 0.15) is 5.76 Å². The minimum atomic E-state index is -2.99. The van der Waals surface area contributed by atoms with Crippen molar-refractivity contribution in [1.82, 2.24) is 9.88 Å². The number of ether oxygens (including phenoxy) is 1. The Morgan fingerprint density at radius 3 is 2.48 bits per heavy atom. The van der Waals surface area contributed by atoms with Crippen molar-refractivity contribution in [3.05, 3.63) is 60.9 Å². The Balaban J connectivity index is 2.09. The van der Waals surface area contributed by atoms with Crippen LogP contribution in [-0.4, -0.2) is 34.6 Å². The number of carbonyl (C=O) groups is 1. The van der Waals surface area contributed by atoms with E-state index in [9.17, 15) is 18.0 Å². The smallest absolute Gasteiger partial charge is 0.281 e. The number of allylic oxidation sites excluding steroid dienone is 2. The Morgan fingerprint density at radius 2 is 2.00 bits per heavy atom. The molecule has 0 aromatic carbocycles. The highest BCUT2D eigenvalue weighted by molar-refractivity contribution is 6.00. The van der Waals surface area contributed by atoms with Gasteiger partial charge in [0.15, 0.2) is 5.83 Å². The monoisotopic (exact) mass is 407 g/mol. The second-order valence-electron chi connectivity index (χ2n) is 6.77. The largest absolute Gasteiger partial charge is 0.438 e. The van der Waals surface area contributed by atoms with Gasteiger partial charge in [-0.05, 0) is 25.8 Å². The molecule has 2 rings (SSSR count). The lowest BCUT2D eigenvalue weighted by Gasteiger charge is -2.32. The maximum Gasteiger partial charge on any atom is 0.281 e. The van der Waals surface area contributed by atoms with Gasteiger partial charge < -0.3 is 9.64 Å². The molecule has 2 heterocycles. The van der Waals surface area contributed by atoms with Crippen molar-refractivity contribution in [2.24, 2.45) is 10.9 Å². The zero-order valence-corrected chi connectivity index (χ0v) is 16.5. The Kier molecular flexibility index (Phi) is 7.36. The van der Waals surface area contributed by atoms with E-state index in [0.717, 1.165) is 13.1 Å². The maximum atomic E-state index is 13.3. The van der Waals surface area contributed by atoms with Gasteiger partial charge in [0.25, 0.3) is 11.8 Å². The fraction of sp³-hybridized carbons (Fsp3) is 0.381. The summed E-state index contributed by atoms with van der Waals surface area (Å²) in [5, 5.41) is 0. The number of rotatable bonds is 7. The van der Waals surface area contributed by atoms with Crippen LogP contribution in [0.2, 0.25) is 0 Å². The number of aliphatic imine (C=N–C) groups is 1. The van der Waals surface area contributed by atoms with Gasteiger partial charge in [-0.3, -0.25) is 9.79 Å². The topological polar surface area (TPSA) is 54.8 Å². The number of aromatic nitrogens is 1. The van der Waals surface area contributed by atoms with Gasteiger partial charge in [-0.2, -0.15) is 0 Å². The Morgan fingerprint density at radius 1 is 1.34 bits per heavy atom. The number of pyridine rings is 1. The third kappa shape index (κ3) is 6.04. The maximum absolute atomic E-state index is 13.3. The minimum Gasteiger partial charge on any atom is -0.438 e. The molecule has 0 spiro atoms. The summed E-state index contributed by atoms with van der Waals surface area (Å²) in [5.74, 6) is -4.37. The predicted octanol–water partition coefficient (Wildman–Crippen LogP) is 4.78. The molecule has 0 unspecified atom stereocenters. The molecule has 0 radical (unpaired) electrons. The highest BCUT2D eigenvalue weighted by Crippen LogP contribution is 2.28. The van der Waals surface area contributed by atoms with Crippen LogP contribution in [0.15, 0.2) is 60.3 Å². The highest BCUT2D eigenvalue weighted by atomic mass is 19.3. The summed E-state index contributed by atoms with van der Waals surface area (Å²) in [6, 6.07) is 2.59. The molecular weight excluding hydrogens is 383 g/mol. The number of amides is 1. The first kappa shape index (κ1) is 22.4. The summed E-state index contributed by atoms with van der Waals surface area (Å²) in [5.41, 5.74) is 0.353. The molecule has 1 aliphatic rings. The number of piperidine rings is 1. The van der Waals surface area contributed by atoms with Crippen LogP contribution in [0.5, 0.6) is 5.88 Å². The highest BCUT2D eigenvalue weighted by Gasteiger charge is 2.29. The van der Waals surface area contributed by atoms with Crippen molar-refractivity contribution < 1.29 is 22.7 Å². The number of likely N-dealkylation sites (tertiary alicyclic amines) is 1. The predicted molar refractivity (Wildman–Crippen MR) is 105 cm³/mol. The minimum absolute atomic E-state index is 0.0603. The first-order valence-corrected chi connectivity index (χ1v) is 9.17. The molecule has 1 amide bonds. The molecule has 0 aliphatic carbocycles. The van der Waals surface area contributed by atoms with Gasteiger partial charge in [0, 0.05) is 50.0 Å². The summed E-state index contributed by atoms with van der Waals surface area (Å²) in [7, 11) is 0. The molecule has 1 aliphatic heterocycles. The van der Waals surface area contributed by atoms with Gasteiger partial charge in [-0.1, -0.05) is 19.2 Å². The third-order valence-electron chi connectivity index (χ3n) is 4.52.